The summed E-state index contributed by atoms with van der Waals surface area (Å²) in [4.78, 5) is 24.6. The van der Waals surface area contributed by atoms with E-state index in [0.717, 1.165) is 34.2 Å². The first kappa shape index (κ1) is 19.2. The summed E-state index contributed by atoms with van der Waals surface area (Å²) in [5.41, 5.74) is 2.64. The fourth-order valence-electron chi connectivity index (χ4n) is 2.80. The average Bonchev–Trinajstić information content (AvgIpc) is 3.24. The lowest BCUT2D eigenvalue weighted by Crippen LogP contribution is -2.42. The summed E-state index contributed by atoms with van der Waals surface area (Å²) in [5.74, 6) is 1.33. The van der Waals surface area contributed by atoms with Crippen LogP contribution in [0.1, 0.15) is 18.2 Å². The van der Waals surface area contributed by atoms with Gasteiger partial charge in [-0.15, -0.1) is 0 Å². The lowest BCUT2D eigenvalue weighted by molar-refractivity contribution is -0.136. The summed E-state index contributed by atoms with van der Waals surface area (Å²) < 4.78 is 11.8. The molecule has 1 aromatic heterocycles. The molecule has 0 unspecified atom stereocenters. The molecule has 2 aromatic rings. The van der Waals surface area contributed by atoms with Gasteiger partial charge in [-0.25, -0.2) is 4.68 Å². The van der Waals surface area contributed by atoms with E-state index in [1.807, 2.05) is 24.3 Å². The summed E-state index contributed by atoms with van der Waals surface area (Å²) in [7, 11) is 3.14. The molecule has 1 aromatic carbocycles. The van der Waals surface area contributed by atoms with Crippen LogP contribution >= 0.6 is 11.8 Å². The Balaban J connectivity index is 1.84. The maximum absolute atomic E-state index is 12.4. The number of nitrogens with zero attached hydrogens (tertiary/aromatic N) is 2. The number of hydrogen-bond acceptors (Lipinski definition) is 6. The molecular weight excluding hydrogens is 368 g/mol. The molecule has 27 heavy (non-hydrogen) atoms. The number of fused-ring (bicyclic) bond motifs is 1. The topological polar surface area (TPSA) is 94.5 Å². The van der Waals surface area contributed by atoms with Crippen LogP contribution in [0.4, 0.5) is 5.82 Å². The zero-order chi connectivity index (χ0) is 19.4. The van der Waals surface area contributed by atoms with E-state index in [1.165, 1.54) is 7.11 Å². The van der Waals surface area contributed by atoms with Crippen LogP contribution in [0.3, 0.4) is 0 Å². The molecule has 0 saturated carbocycles. The summed E-state index contributed by atoms with van der Waals surface area (Å²) >= 11 is 1.72. The van der Waals surface area contributed by atoms with E-state index < -0.39 is 11.8 Å². The second kappa shape index (κ2) is 8.45. The smallest absolute Gasteiger partial charge is 0.314 e. The quantitative estimate of drug-likeness (QED) is 0.730. The third kappa shape index (κ3) is 4.25. The molecule has 1 atom stereocenters. The standard InChI is InChI=1S/C18H22N4O4S/c1-11(8-25-2)19-17(23)18(24)20-16-14-9-27-10-15(14)21-22(16)12-4-6-13(26-3)7-5-12/h4-7,11H,8-10H2,1-3H3,(H,19,23)(H,20,24)/t11-/m1/s1. The number of benzene rings is 1. The lowest BCUT2D eigenvalue weighted by Gasteiger charge is -2.14. The second-order valence-electron chi connectivity index (χ2n) is 6.16. The number of hydrogen-bond donors (Lipinski definition) is 2. The first-order chi connectivity index (χ1) is 13.0. The van der Waals surface area contributed by atoms with Gasteiger partial charge in [-0.3, -0.25) is 9.59 Å². The van der Waals surface area contributed by atoms with Crippen LogP contribution in [0, 0.1) is 0 Å². The van der Waals surface area contributed by atoms with Crippen molar-refractivity contribution in [2.75, 3.05) is 26.1 Å². The van der Waals surface area contributed by atoms with Crippen molar-refractivity contribution in [1.82, 2.24) is 15.1 Å². The highest BCUT2D eigenvalue weighted by molar-refractivity contribution is 7.98. The van der Waals surface area contributed by atoms with Gasteiger partial charge in [-0.2, -0.15) is 16.9 Å². The minimum Gasteiger partial charge on any atom is -0.497 e. The van der Waals surface area contributed by atoms with Crippen LogP contribution in [-0.2, 0) is 25.8 Å². The summed E-state index contributed by atoms with van der Waals surface area (Å²) in [6.07, 6.45) is 0. The Labute approximate surface area is 161 Å². The van der Waals surface area contributed by atoms with Crippen molar-refractivity contribution in [3.8, 4) is 11.4 Å². The molecule has 0 fully saturated rings. The average molecular weight is 390 g/mol. The fraction of sp³-hybridized carbons (Fsp3) is 0.389. The van der Waals surface area contributed by atoms with E-state index in [0.29, 0.717) is 12.4 Å². The van der Waals surface area contributed by atoms with Crippen LogP contribution < -0.4 is 15.4 Å². The predicted molar refractivity (Wildman–Crippen MR) is 103 cm³/mol. The summed E-state index contributed by atoms with van der Waals surface area (Å²) in [6.45, 7) is 2.10. The molecule has 0 aliphatic carbocycles. The molecule has 9 heteroatoms. The van der Waals surface area contributed by atoms with Crippen LogP contribution in [-0.4, -0.2) is 48.5 Å². The molecule has 144 valence electrons. The largest absolute Gasteiger partial charge is 0.497 e. The van der Waals surface area contributed by atoms with Crippen molar-refractivity contribution >= 4 is 29.4 Å². The number of rotatable bonds is 6. The van der Waals surface area contributed by atoms with Gasteiger partial charge < -0.3 is 20.1 Å². The molecule has 3 rings (SSSR count). The fourth-order valence-corrected chi connectivity index (χ4v) is 3.83. The molecule has 2 amide bonds. The van der Waals surface area contributed by atoms with Crippen molar-refractivity contribution in [2.24, 2.45) is 0 Å². The molecule has 8 nitrogen and oxygen atoms in total. The van der Waals surface area contributed by atoms with Crippen LogP contribution in [0.25, 0.3) is 5.69 Å². The highest BCUT2D eigenvalue weighted by Crippen LogP contribution is 2.36. The molecule has 0 saturated heterocycles. The summed E-state index contributed by atoms with van der Waals surface area (Å²) in [6, 6.07) is 7.08. The van der Waals surface area contributed by atoms with E-state index in [-0.39, 0.29) is 6.04 Å². The third-order valence-electron chi connectivity index (χ3n) is 4.10. The first-order valence-corrected chi connectivity index (χ1v) is 9.62. The number of carbonyl (C=O) groups excluding carboxylic acids is 2. The Hall–Kier alpha value is -2.52. The van der Waals surface area contributed by atoms with Gasteiger partial charge in [-0.1, -0.05) is 0 Å². The van der Waals surface area contributed by atoms with E-state index >= 15 is 0 Å². The van der Waals surface area contributed by atoms with Gasteiger partial charge in [0.15, 0.2) is 0 Å². The number of carbonyl (C=O) groups is 2. The molecular formula is C18H22N4O4S. The van der Waals surface area contributed by atoms with E-state index in [1.54, 1.807) is 30.5 Å². The Morgan fingerprint density at radius 2 is 1.96 bits per heavy atom. The Morgan fingerprint density at radius 1 is 1.22 bits per heavy atom. The van der Waals surface area contributed by atoms with Crippen molar-refractivity contribution < 1.29 is 19.1 Å². The van der Waals surface area contributed by atoms with Gasteiger partial charge in [0.2, 0.25) is 0 Å². The number of methoxy groups -OCH3 is 2. The molecule has 0 bridgehead atoms. The molecule has 2 heterocycles. The zero-order valence-corrected chi connectivity index (χ0v) is 16.3. The van der Waals surface area contributed by atoms with Gasteiger partial charge in [0.25, 0.3) is 0 Å². The third-order valence-corrected chi connectivity index (χ3v) is 5.07. The maximum Gasteiger partial charge on any atom is 0.314 e. The second-order valence-corrected chi connectivity index (χ2v) is 7.15. The van der Waals surface area contributed by atoms with E-state index in [4.69, 9.17) is 9.47 Å². The molecule has 1 aliphatic heterocycles. The number of amides is 2. The van der Waals surface area contributed by atoms with Gasteiger partial charge in [-0.05, 0) is 31.2 Å². The number of anilines is 1. The van der Waals surface area contributed by atoms with Gasteiger partial charge in [0.1, 0.15) is 11.6 Å². The van der Waals surface area contributed by atoms with Crippen LogP contribution in [0.5, 0.6) is 5.75 Å². The first-order valence-electron chi connectivity index (χ1n) is 8.47. The highest BCUT2D eigenvalue weighted by atomic mass is 32.2. The highest BCUT2D eigenvalue weighted by Gasteiger charge is 2.26. The number of ether oxygens (including phenoxy) is 2. The SMILES string of the molecule is COC[C@@H](C)NC(=O)C(=O)Nc1c2c(nn1-c1ccc(OC)cc1)CSC2. The van der Waals surface area contributed by atoms with Crippen molar-refractivity contribution in [3.63, 3.8) is 0 Å². The van der Waals surface area contributed by atoms with E-state index in [9.17, 15) is 9.59 Å². The van der Waals surface area contributed by atoms with Crippen molar-refractivity contribution in [2.45, 2.75) is 24.5 Å². The monoisotopic (exact) mass is 390 g/mol. The molecule has 0 spiro atoms. The van der Waals surface area contributed by atoms with E-state index in [2.05, 4.69) is 15.7 Å². The molecule has 0 radical (unpaired) electrons. The molecule has 2 N–H and O–H groups in total. The number of nitrogens with one attached hydrogen (secondary N) is 2. The minimum absolute atomic E-state index is 0.263. The normalized spacial score (nSPS) is 13.7. The Morgan fingerprint density at radius 3 is 2.63 bits per heavy atom. The zero-order valence-electron chi connectivity index (χ0n) is 15.4. The van der Waals surface area contributed by atoms with Crippen LogP contribution in [0.15, 0.2) is 24.3 Å². The Kier molecular flexibility index (Phi) is 6.02. The van der Waals surface area contributed by atoms with Crippen molar-refractivity contribution in [1.29, 1.82) is 0 Å². The van der Waals surface area contributed by atoms with Gasteiger partial charge in [0, 0.05) is 30.2 Å². The van der Waals surface area contributed by atoms with Gasteiger partial charge in [0.05, 0.1) is 25.1 Å². The molecule has 1 aliphatic rings. The lowest BCUT2D eigenvalue weighted by atomic mass is 10.2. The maximum atomic E-state index is 12.4. The minimum atomic E-state index is -0.729. The Bertz CT molecular complexity index is 835. The number of aromatic nitrogens is 2. The van der Waals surface area contributed by atoms with Gasteiger partial charge >= 0.3 is 11.8 Å². The van der Waals surface area contributed by atoms with Crippen molar-refractivity contribution in [3.05, 3.63) is 35.5 Å². The van der Waals surface area contributed by atoms with Crippen LogP contribution in [0.2, 0.25) is 0 Å². The summed E-state index contributed by atoms with van der Waals surface area (Å²) in [5, 5.41) is 9.94. The number of thioether (sulfide) groups is 1. The predicted octanol–water partition coefficient (Wildman–Crippen LogP) is 1.72.